The molecule has 1 aliphatic rings. The second-order valence-electron chi connectivity index (χ2n) is 8.29. The minimum Gasteiger partial charge on any atom is -0.459 e. The fraction of sp³-hybridized carbons (Fsp3) is 0.550. The Morgan fingerprint density at radius 2 is 2.00 bits per heavy atom. The number of hydrogen-bond donors (Lipinski definition) is 1. The van der Waals surface area contributed by atoms with Gasteiger partial charge in [-0.2, -0.15) is 0 Å². The Morgan fingerprint density at radius 3 is 2.64 bits per heavy atom. The number of thiazole rings is 1. The summed E-state index contributed by atoms with van der Waals surface area (Å²) in [5, 5.41) is 4.98. The number of hydrogen-bond acceptors (Lipinski definition) is 6. The molecule has 0 unspecified atom stereocenters. The molecule has 28 heavy (non-hydrogen) atoms. The molecule has 7 nitrogen and oxygen atoms in total. The topological polar surface area (TPSA) is 78.7 Å². The highest BCUT2D eigenvalue weighted by Gasteiger charge is 2.23. The van der Waals surface area contributed by atoms with Gasteiger partial charge in [0.05, 0.1) is 18.4 Å². The Labute approximate surface area is 169 Å². The van der Waals surface area contributed by atoms with Crippen molar-refractivity contribution in [3.05, 3.63) is 35.2 Å². The molecule has 0 bridgehead atoms. The molecule has 0 saturated carbocycles. The quantitative estimate of drug-likeness (QED) is 0.800. The SMILES string of the molecule is CC(C)(C)CCN1CCN(C(=O)Cc2csc(NC(=O)c3ccco3)n2)CC1. The molecule has 0 aliphatic carbocycles. The Morgan fingerprint density at radius 1 is 1.25 bits per heavy atom. The summed E-state index contributed by atoms with van der Waals surface area (Å²) < 4.78 is 5.06. The van der Waals surface area contributed by atoms with E-state index >= 15 is 0 Å². The van der Waals surface area contributed by atoms with E-state index < -0.39 is 0 Å². The lowest BCUT2D eigenvalue weighted by atomic mass is 9.92. The second kappa shape index (κ2) is 8.87. The zero-order chi connectivity index (χ0) is 20.1. The summed E-state index contributed by atoms with van der Waals surface area (Å²) in [6.07, 6.45) is 2.87. The van der Waals surface area contributed by atoms with Gasteiger partial charge in [-0.25, -0.2) is 4.98 Å². The number of rotatable bonds is 6. The first-order valence-electron chi connectivity index (χ1n) is 9.59. The lowest BCUT2D eigenvalue weighted by molar-refractivity contribution is -0.132. The molecule has 2 aromatic rings. The fourth-order valence-electron chi connectivity index (χ4n) is 2.99. The average Bonchev–Trinajstić information content (AvgIpc) is 3.32. The summed E-state index contributed by atoms with van der Waals surface area (Å²) in [7, 11) is 0. The zero-order valence-electron chi connectivity index (χ0n) is 16.7. The molecule has 0 spiro atoms. The van der Waals surface area contributed by atoms with Crippen LogP contribution in [-0.4, -0.2) is 59.3 Å². The van der Waals surface area contributed by atoms with Gasteiger partial charge < -0.3 is 9.32 Å². The van der Waals surface area contributed by atoms with E-state index in [1.54, 1.807) is 12.1 Å². The van der Waals surface area contributed by atoms with Gasteiger partial charge in [0.25, 0.3) is 5.91 Å². The molecule has 0 aromatic carbocycles. The van der Waals surface area contributed by atoms with Crippen LogP contribution in [0, 0.1) is 5.41 Å². The molecule has 1 aliphatic heterocycles. The van der Waals surface area contributed by atoms with E-state index in [1.165, 1.54) is 17.6 Å². The van der Waals surface area contributed by atoms with E-state index in [0.29, 0.717) is 16.2 Å². The van der Waals surface area contributed by atoms with Gasteiger partial charge >= 0.3 is 0 Å². The summed E-state index contributed by atoms with van der Waals surface area (Å²) >= 11 is 1.31. The van der Waals surface area contributed by atoms with Crippen LogP contribution in [0.1, 0.15) is 43.4 Å². The Hall–Kier alpha value is -2.19. The van der Waals surface area contributed by atoms with E-state index in [2.05, 4.69) is 36.0 Å². The molecule has 2 aromatic heterocycles. The highest BCUT2D eigenvalue weighted by Crippen LogP contribution is 2.20. The Bertz CT molecular complexity index is 787. The van der Waals surface area contributed by atoms with Crippen LogP contribution in [0.25, 0.3) is 0 Å². The molecular formula is C20H28N4O3S. The van der Waals surface area contributed by atoms with Crippen LogP contribution in [0.5, 0.6) is 0 Å². The lowest BCUT2D eigenvalue weighted by Gasteiger charge is -2.36. The maximum absolute atomic E-state index is 12.6. The van der Waals surface area contributed by atoms with E-state index in [1.807, 2.05) is 10.3 Å². The van der Waals surface area contributed by atoms with E-state index in [-0.39, 0.29) is 24.0 Å². The Kier molecular flexibility index (Phi) is 6.51. The third kappa shape index (κ3) is 5.90. The minimum atomic E-state index is -0.344. The number of nitrogens with zero attached hydrogens (tertiary/aromatic N) is 3. The van der Waals surface area contributed by atoms with Crippen molar-refractivity contribution in [2.75, 3.05) is 38.0 Å². The van der Waals surface area contributed by atoms with Crippen molar-refractivity contribution in [2.45, 2.75) is 33.6 Å². The maximum atomic E-state index is 12.6. The molecule has 1 N–H and O–H groups in total. The molecule has 0 radical (unpaired) electrons. The van der Waals surface area contributed by atoms with E-state index in [9.17, 15) is 9.59 Å². The summed E-state index contributed by atoms with van der Waals surface area (Å²) in [6, 6.07) is 3.25. The second-order valence-corrected chi connectivity index (χ2v) is 9.14. The van der Waals surface area contributed by atoms with Crippen molar-refractivity contribution in [1.29, 1.82) is 0 Å². The first-order valence-corrected chi connectivity index (χ1v) is 10.5. The fourth-order valence-corrected chi connectivity index (χ4v) is 3.70. The van der Waals surface area contributed by atoms with Crippen LogP contribution in [0.3, 0.4) is 0 Å². The van der Waals surface area contributed by atoms with Crippen LogP contribution >= 0.6 is 11.3 Å². The molecule has 2 amide bonds. The first-order chi connectivity index (χ1) is 13.3. The number of nitrogens with one attached hydrogen (secondary N) is 1. The van der Waals surface area contributed by atoms with Gasteiger partial charge in [0, 0.05) is 31.6 Å². The number of furan rings is 1. The van der Waals surface area contributed by atoms with Gasteiger partial charge in [0.1, 0.15) is 0 Å². The van der Waals surface area contributed by atoms with E-state index in [4.69, 9.17) is 4.42 Å². The van der Waals surface area contributed by atoms with Crippen LogP contribution in [0.15, 0.2) is 28.2 Å². The molecule has 1 saturated heterocycles. The van der Waals surface area contributed by atoms with Crippen molar-refractivity contribution in [2.24, 2.45) is 5.41 Å². The maximum Gasteiger partial charge on any atom is 0.293 e. The normalized spacial score (nSPS) is 15.6. The molecule has 8 heteroatoms. The monoisotopic (exact) mass is 404 g/mol. The number of carbonyl (C=O) groups excluding carboxylic acids is 2. The molecule has 3 heterocycles. The largest absolute Gasteiger partial charge is 0.459 e. The minimum absolute atomic E-state index is 0.0877. The first kappa shape index (κ1) is 20.5. The summed E-state index contributed by atoms with van der Waals surface area (Å²) in [4.78, 5) is 33.3. The van der Waals surface area contributed by atoms with Crippen molar-refractivity contribution in [1.82, 2.24) is 14.8 Å². The van der Waals surface area contributed by atoms with Crippen molar-refractivity contribution in [3.63, 3.8) is 0 Å². The van der Waals surface area contributed by atoms with Crippen LogP contribution in [0.2, 0.25) is 0 Å². The van der Waals surface area contributed by atoms with Gasteiger partial charge in [0.15, 0.2) is 10.9 Å². The third-order valence-corrected chi connectivity index (χ3v) is 5.56. The Balaban J connectivity index is 1.44. The molecule has 152 valence electrons. The van der Waals surface area contributed by atoms with Crippen LogP contribution in [-0.2, 0) is 11.2 Å². The summed E-state index contributed by atoms with van der Waals surface area (Å²) in [5.74, 6) is -0.0227. The van der Waals surface area contributed by atoms with Gasteiger partial charge in [-0.1, -0.05) is 20.8 Å². The lowest BCUT2D eigenvalue weighted by Crippen LogP contribution is -2.49. The zero-order valence-corrected chi connectivity index (χ0v) is 17.6. The number of carbonyl (C=O) groups is 2. The number of anilines is 1. The molecular weight excluding hydrogens is 376 g/mol. The van der Waals surface area contributed by atoms with Crippen molar-refractivity contribution in [3.8, 4) is 0 Å². The highest BCUT2D eigenvalue weighted by molar-refractivity contribution is 7.14. The summed E-state index contributed by atoms with van der Waals surface area (Å²) in [5.41, 5.74) is 1.02. The van der Waals surface area contributed by atoms with Crippen molar-refractivity contribution < 1.29 is 14.0 Å². The van der Waals surface area contributed by atoms with Gasteiger partial charge in [-0.15, -0.1) is 11.3 Å². The predicted octanol–water partition coefficient (Wildman–Crippen LogP) is 3.11. The number of piperazine rings is 1. The molecule has 1 fully saturated rings. The van der Waals surface area contributed by atoms with Crippen LogP contribution in [0.4, 0.5) is 5.13 Å². The number of amides is 2. The standard InChI is InChI=1S/C20H28N4O3S/c1-20(2,3)6-7-23-8-10-24(11-9-23)17(25)13-15-14-28-19(21-15)22-18(26)16-5-4-12-27-16/h4-5,12,14H,6-11,13H2,1-3H3,(H,21,22,26). The predicted molar refractivity (Wildman–Crippen MR) is 110 cm³/mol. The van der Waals surface area contributed by atoms with Gasteiger partial charge in [-0.3, -0.25) is 19.8 Å². The smallest absolute Gasteiger partial charge is 0.293 e. The van der Waals surface area contributed by atoms with E-state index in [0.717, 1.165) is 39.1 Å². The molecule has 3 rings (SSSR count). The molecule has 0 atom stereocenters. The van der Waals surface area contributed by atoms with Gasteiger partial charge in [0.2, 0.25) is 5.91 Å². The third-order valence-electron chi connectivity index (χ3n) is 4.75. The summed E-state index contributed by atoms with van der Waals surface area (Å²) in [6.45, 7) is 11.2. The van der Waals surface area contributed by atoms with Crippen LogP contribution < -0.4 is 5.32 Å². The van der Waals surface area contributed by atoms with Crippen molar-refractivity contribution >= 4 is 28.3 Å². The number of aromatic nitrogens is 1. The highest BCUT2D eigenvalue weighted by atomic mass is 32.1. The average molecular weight is 405 g/mol. The van der Waals surface area contributed by atoms with Gasteiger partial charge in [-0.05, 0) is 30.5 Å².